The van der Waals surface area contributed by atoms with E-state index in [1.807, 2.05) is 6.26 Å². The lowest BCUT2D eigenvalue weighted by atomic mass is 10.1. The third-order valence-corrected chi connectivity index (χ3v) is 4.63. The van der Waals surface area contributed by atoms with Crippen molar-refractivity contribution in [3.63, 3.8) is 0 Å². The maximum atomic E-state index is 12.4. The second-order valence-electron chi connectivity index (χ2n) is 6.56. The summed E-state index contributed by atoms with van der Waals surface area (Å²) in [6.07, 6.45) is 0.878. The van der Waals surface area contributed by atoms with Gasteiger partial charge in [0.05, 0.1) is 12.6 Å². The lowest BCUT2D eigenvalue weighted by Gasteiger charge is -2.21. The normalized spacial score (nSPS) is 13.4. The number of nitrogens with one attached hydrogen (secondary N) is 3. The first-order valence-corrected chi connectivity index (χ1v) is 10.7. The van der Waals surface area contributed by atoms with Gasteiger partial charge < -0.3 is 37.6 Å². The Bertz CT molecular complexity index is 675. The maximum absolute atomic E-state index is 12.4. The van der Waals surface area contributed by atoms with Crippen LogP contribution in [-0.2, 0) is 28.8 Å². The molecule has 0 aliphatic heterocycles. The number of carboxylic acids is 2. The number of rotatable bonds is 16. The van der Waals surface area contributed by atoms with Crippen LogP contribution in [0.3, 0.4) is 0 Å². The summed E-state index contributed by atoms with van der Waals surface area (Å²) < 4.78 is 0. The van der Waals surface area contributed by atoms with Crippen LogP contribution in [0.1, 0.15) is 32.1 Å². The van der Waals surface area contributed by atoms with Crippen LogP contribution in [0.25, 0.3) is 0 Å². The zero-order chi connectivity index (χ0) is 24.0. The Labute approximate surface area is 183 Å². The summed E-state index contributed by atoms with van der Waals surface area (Å²) in [5.41, 5.74) is 10.7. The quantitative estimate of drug-likeness (QED) is 0.126. The fourth-order valence-electron chi connectivity index (χ4n) is 2.27. The molecule has 0 rings (SSSR count). The van der Waals surface area contributed by atoms with Crippen molar-refractivity contribution in [2.45, 2.75) is 50.2 Å². The summed E-state index contributed by atoms with van der Waals surface area (Å²) in [5, 5.41) is 24.6. The van der Waals surface area contributed by atoms with E-state index < -0.39 is 66.7 Å². The number of thioether (sulfide) groups is 1. The van der Waals surface area contributed by atoms with Gasteiger partial charge in [0.1, 0.15) is 12.1 Å². The summed E-state index contributed by atoms with van der Waals surface area (Å²) in [7, 11) is 0. The van der Waals surface area contributed by atoms with E-state index in [0.29, 0.717) is 12.2 Å². The summed E-state index contributed by atoms with van der Waals surface area (Å²) >= 11 is 1.51. The van der Waals surface area contributed by atoms with Gasteiger partial charge in [0, 0.05) is 12.8 Å². The second kappa shape index (κ2) is 15.0. The lowest BCUT2D eigenvalue weighted by molar-refractivity contribution is -0.143. The molecule has 13 nitrogen and oxygen atoms in total. The molecule has 3 atom stereocenters. The van der Waals surface area contributed by atoms with Crippen LogP contribution in [0, 0.1) is 0 Å². The first-order valence-electron chi connectivity index (χ1n) is 9.32. The lowest BCUT2D eigenvalue weighted by Crippen LogP contribution is -2.54. The molecule has 0 aromatic rings. The fourth-order valence-corrected chi connectivity index (χ4v) is 2.76. The Morgan fingerprint density at radius 1 is 0.903 bits per heavy atom. The zero-order valence-electron chi connectivity index (χ0n) is 17.1. The van der Waals surface area contributed by atoms with Gasteiger partial charge in [-0.3, -0.25) is 24.0 Å². The highest BCUT2D eigenvalue weighted by Gasteiger charge is 2.27. The first-order chi connectivity index (χ1) is 14.5. The Morgan fingerprint density at radius 2 is 1.52 bits per heavy atom. The van der Waals surface area contributed by atoms with Crippen molar-refractivity contribution in [1.82, 2.24) is 16.0 Å². The largest absolute Gasteiger partial charge is 0.481 e. The molecule has 0 heterocycles. The maximum Gasteiger partial charge on any atom is 0.326 e. The SMILES string of the molecule is CSCCC(N)C(=O)NCC(=O)NC(CCC(N)=O)C(=O)NC(CCC(=O)O)C(=O)O. The second-order valence-corrected chi connectivity index (χ2v) is 7.55. The van der Waals surface area contributed by atoms with E-state index in [9.17, 15) is 28.8 Å². The van der Waals surface area contributed by atoms with Gasteiger partial charge in [-0.1, -0.05) is 0 Å². The molecule has 0 radical (unpaired) electrons. The standard InChI is InChI=1S/C17H29N5O8S/c1-31-7-6-9(18)15(27)20-8-13(24)21-10(2-4-12(19)23)16(28)22-11(17(29)30)3-5-14(25)26/h9-11H,2-8,18H2,1H3,(H2,19,23)(H,20,27)(H,21,24)(H,22,28)(H,25,26)(H,29,30). The Balaban J connectivity index is 4.95. The summed E-state index contributed by atoms with van der Waals surface area (Å²) in [5.74, 6) is -5.06. The number of carbonyl (C=O) groups is 6. The molecule has 0 aromatic carbocycles. The van der Waals surface area contributed by atoms with Crippen molar-refractivity contribution in [3.05, 3.63) is 0 Å². The summed E-state index contributed by atoms with van der Waals surface area (Å²) in [6.45, 7) is -0.493. The molecule has 0 aliphatic rings. The highest BCUT2D eigenvalue weighted by Crippen LogP contribution is 2.03. The van der Waals surface area contributed by atoms with Crippen LogP contribution in [0.4, 0.5) is 0 Å². The monoisotopic (exact) mass is 463 g/mol. The van der Waals surface area contributed by atoms with E-state index in [2.05, 4.69) is 16.0 Å². The molecule has 0 saturated heterocycles. The van der Waals surface area contributed by atoms with Gasteiger partial charge >= 0.3 is 11.9 Å². The van der Waals surface area contributed by atoms with Crippen molar-refractivity contribution in [1.29, 1.82) is 0 Å². The smallest absolute Gasteiger partial charge is 0.326 e. The van der Waals surface area contributed by atoms with Gasteiger partial charge in [0.2, 0.25) is 23.6 Å². The average Bonchev–Trinajstić information content (AvgIpc) is 2.69. The number of hydrogen-bond acceptors (Lipinski definition) is 8. The zero-order valence-corrected chi connectivity index (χ0v) is 17.9. The van der Waals surface area contributed by atoms with Crippen LogP contribution >= 0.6 is 11.8 Å². The molecule has 0 aliphatic carbocycles. The molecular weight excluding hydrogens is 434 g/mol. The molecule has 31 heavy (non-hydrogen) atoms. The topological polar surface area (TPSA) is 231 Å². The highest BCUT2D eigenvalue weighted by molar-refractivity contribution is 7.98. The molecule has 9 N–H and O–H groups in total. The average molecular weight is 464 g/mol. The van der Waals surface area contributed by atoms with Crippen molar-refractivity contribution in [3.8, 4) is 0 Å². The molecule has 3 unspecified atom stereocenters. The van der Waals surface area contributed by atoms with Crippen LogP contribution in [0.5, 0.6) is 0 Å². The van der Waals surface area contributed by atoms with Crippen molar-refractivity contribution in [2.24, 2.45) is 11.5 Å². The molecule has 0 saturated carbocycles. The summed E-state index contributed by atoms with van der Waals surface area (Å²) in [4.78, 5) is 69.3. The van der Waals surface area contributed by atoms with Crippen LogP contribution in [0.15, 0.2) is 0 Å². The Kier molecular flexibility index (Phi) is 13.6. The van der Waals surface area contributed by atoms with E-state index in [4.69, 9.17) is 21.7 Å². The minimum absolute atomic E-state index is 0.223. The minimum Gasteiger partial charge on any atom is -0.481 e. The number of nitrogens with two attached hydrogens (primary N) is 2. The van der Waals surface area contributed by atoms with E-state index in [-0.39, 0.29) is 19.3 Å². The highest BCUT2D eigenvalue weighted by atomic mass is 32.2. The first kappa shape index (κ1) is 28.1. The van der Waals surface area contributed by atoms with E-state index >= 15 is 0 Å². The Morgan fingerprint density at radius 3 is 2.03 bits per heavy atom. The molecule has 0 bridgehead atoms. The number of amides is 4. The van der Waals surface area contributed by atoms with E-state index in [0.717, 1.165) is 0 Å². The number of primary amides is 1. The van der Waals surface area contributed by atoms with Gasteiger partial charge in [-0.25, -0.2) is 4.79 Å². The van der Waals surface area contributed by atoms with Crippen molar-refractivity contribution < 1.29 is 39.0 Å². The molecule has 176 valence electrons. The Hall–Kier alpha value is -2.87. The van der Waals surface area contributed by atoms with Gasteiger partial charge in [0.15, 0.2) is 0 Å². The molecule has 4 amide bonds. The van der Waals surface area contributed by atoms with Crippen LogP contribution in [0.2, 0.25) is 0 Å². The number of carbonyl (C=O) groups excluding carboxylic acids is 4. The van der Waals surface area contributed by atoms with Gasteiger partial charge in [-0.05, 0) is 31.3 Å². The number of aliphatic carboxylic acids is 2. The number of hydrogen-bond donors (Lipinski definition) is 7. The van der Waals surface area contributed by atoms with Crippen LogP contribution < -0.4 is 27.4 Å². The van der Waals surface area contributed by atoms with E-state index in [1.165, 1.54) is 11.8 Å². The van der Waals surface area contributed by atoms with E-state index in [1.54, 1.807) is 0 Å². The third-order valence-electron chi connectivity index (χ3n) is 3.99. The van der Waals surface area contributed by atoms with Gasteiger partial charge in [-0.2, -0.15) is 11.8 Å². The molecular formula is C17H29N5O8S. The fraction of sp³-hybridized carbons (Fsp3) is 0.647. The summed E-state index contributed by atoms with van der Waals surface area (Å²) in [6, 6.07) is -3.64. The predicted molar refractivity (Wildman–Crippen MR) is 111 cm³/mol. The molecule has 0 fully saturated rings. The molecule has 14 heteroatoms. The van der Waals surface area contributed by atoms with Crippen LogP contribution in [-0.4, -0.2) is 82.5 Å². The van der Waals surface area contributed by atoms with Gasteiger partial charge in [0.25, 0.3) is 0 Å². The molecule has 0 spiro atoms. The van der Waals surface area contributed by atoms with Crippen molar-refractivity contribution in [2.75, 3.05) is 18.6 Å². The minimum atomic E-state index is -1.51. The third kappa shape index (κ3) is 13.1. The van der Waals surface area contributed by atoms with Crippen molar-refractivity contribution >= 4 is 47.3 Å². The number of carboxylic acid groups (broad SMARTS) is 2. The van der Waals surface area contributed by atoms with Gasteiger partial charge in [-0.15, -0.1) is 0 Å². The predicted octanol–water partition coefficient (Wildman–Crippen LogP) is -2.63. The molecule has 0 aromatic heterocycles.